The number of nitrogens with one attached hydrogen (secondary N) is 1. The summed E-state index contributed by atoms with van der Waals surface area (Å²) in [6, 6.07) is 9.85. The fourth-order valence-corrected chi connectivity index (χ4v) is 1.50. The van der Waals surface area contributed by atoms with Gasteiger partial charge in [-0.15, -0.1) is 0 Å². The van der Waals surface area contributed by atoms with Gasteiger partial charge in [-0.25, -0.2) is 9.97 Å². The lowest BCUT2D eigenvalue weighted by atomic mass is 10.2. The van der Waals surface area contributed by atoms with Crippen LogP contribution in [0.5, 0.6) is 0 Å². The molecule has 0 aliphatic heterocycles. The Kier molecular flexibility index (Phi) is 3.67. The Morgan fingerprint density at radius 2 is 2.00 bits per heavy atom. The quantitative estimate of drug-likeness (QED) is 0.875. The van der Waals surface area contributed by atoms with Crippen LogP contribution in [0, 0.1) is 6.92 Å². The number of hydrogen-bond donors (Lipinski definition) is 1. The van der Waals surface area contributed by atoms with E-state index in [1.807, 2.05) is 37.3 Å². The Hall–Kier alpha value is -1.94. The van der Waals surface area contributed by atoms with Crippen LogP contribution in [0.15, 0.2) is 36.5 Å². The van der Waals surface area contributed by atoms with Gasteiger partial charge in [0.15, 0.2) is 0 Å². The van der Waals surface area contributed by atoms with E-state index in [0.29, 0.717) is 12.6 Å². The molecule has 0 radical (unpaired) electrons. The van der Waals surface area contributed by atoms with E-state index in [1.165, 1.54) is 0 Å². The number of anilines is 2. The normalized spacial score (nSPS) is 10.2. The van der Waals surface area contributed by atoms with Gasteiger partial charge in [-0.3, -0.25) is 0 Å². The van der Waals surface area contributed by atoms with Gasteiger partial charge in [0.2, 0.25) is 5.95 Å². The third-order valence-electron chi connectivity index (χ3n) is 2.41. The molecule has 0 amide bonds. The molecular formula is C13H15N3O. The third-order valence-corrected chi connectivity index (χ3v) is 2.41. The highest BCUT2D eigenvalue weighted by atomic mass is 16.5. The molecule has 1 N–H and O–H groups in total. The number of rotatable bonds is 4. The summed E-state index contributed by atoms with van der Waals surface area (Å²) < 4.78 is 5.07. The molecule has 1 aromatic heterocycles. The first-order chi connectivity index (χ1) is 8.29. The number of ether oxygens (including phenoxy) is 1. The van der Waals surface area contributed by atoms with Crippen molar-refractivity contribution in [3.05, 3.63) is 47.8 Å². The summed E-state index contributed by atoms with van der Waals surface area (Å²) >= 11 is 0. The van der Waals surface area contributed by atoms with Crippen LogP contribution in [0.25, 0.3) is 0 Å². The summed E-state index contributed by atoms with van der Waals surface area (Å²) in [7, 11) is 1.66. The van der Waals surface area contributed by atoms with Crippen molar-refractivity contribution < 1.29 is 4.74 Å². The van der Waals surface area contributed by atoms with Crippen molar-refractivity contribution in [2.24, 2.45) is 0 Å². The van der Waals surface area contributed by atoms with Crippen LogP contribution < -0.4 is 5.32 Å². The van der Waals surface area contributed by atoms with E-state index in [1.54, 1.807) is 13.3 Å². The maximum atomic E-state index is 5.07. The summed E-state index contributed by atoms with van der Waals surface area (Å²) in [5.41, 5.74) is 2.91. The minimum Gasteiger partial charge on any atom is -0.380 e. The van der Waals surface area contributed by atoms with Crippen LogP contribution in [0.3, 0.4) is 0 Å². The van der Waals surface area contributed by atoms with Crippen molar-refractivity contribution in [3.63, 3.8) is 0 Å². The highest BCUT2D eigenvalue weighted by molar-refractivity contribution is 5.52. The summed E-state index contributed by atoms with van der Waals surface area (Å²) in [5.74, 6) is 0.605. The fraction of sp³-hybridized carbons (Fsp3) is 0.231. The summed E-state index contributed by atoms with van der Waals surface area (Å²) in [5, 5.41) is 3.15. The van der Waals surface area contributed by atoms with Crippen molar-refractivity contribution >= 4 is 11.6 Å². The van der Waals surface area contributed by atoms with Crippen molar-refractivity contribution in [2.75, 3.05) is 12.4 Å². The van der Waals surface area contributed by atoms with Gasteiger partial charge in [-0.05, 0) is 19.1 Å². The molecule has 2 aromatic rings. The maximum Gasteiger partial charge on any atom is 0.227 e. The van der Waals surface area contributed by atoms with Crippen LogP contribution in [-0.4, -0.2) is 17.1 Å². The molecule has 0 saturated heterocycles. The first-order valence-corrected chi connectivity index (χ1v) is 5.43. The molecule has 17 heavy (non-hydrogen) atoms. The van der Waals surface area contributed by atoms with Gasteiger partial charge >= 0.3 is 0 Å². The average molecular weight is 229 g/mol. The first kappa shape index (κ1) is 11.5. The van der Waals surface area contributed by atoms with E-state index in [2.05, 4.69) is 15.3 Å². The van der Waals surface area contributed by atoms with Gasteiger partial charge in [-0.2, -0.15) is 0 Å². The Balaban J connectivity index is 2.15. The van der Waals surface area contributed by atoms with Gasteiger partial charge in [0.25, 0.3) is 0 Å². The second kappa shape index (κ2) is 5.41. The Labute approximate surface area is 101 Å². The standard InChI is InChI=1S/C13H15N3O/c1-10-11(9-17-2)8-14-13(15-10)16-12-6-4-3-5-7-12/h3-8H,9H2,1-2H3,(H,14,15,16). The zero-order valence-corrected chi connectivity index (χ0v) is 9.97. The van der Waals surface area contributed by atoms with E-state index in [0.717, 1.165) is 16.9 Å². The predicted octanol–water partition coefficient (Wildman–Crippen LogP) is 2.68. The molecule has 0 bridgehead atoms. The second-order valence-electron chi connectivity index (χ2n) is 3.73. The highest BCUT2D eigenvalue weighted by Crippen LogP contribution is 2.13. The molecule has 4 nitrogen and oxygen atoms in total. The van der Waals surface area contributed by atoms with Crippen LogP contribution in [0.1, 0.15) is 11.3 Å². The van der Waals surface area contributed by atoms with E-state index in [4.69, 9.17) is 4.74 Å². The van der Waals surface area contributed by atoms with Gasteiger partial charge < -0.3 is 10.1 Å². The molecule has 0 aliphatic carbocycles. The fourth-order valence-electron chi connectivity index (χ4n) is 1.50. The number of aryl methyl sites for hydroxylation is 1. The summed E-state index contributed by atoms with van der Waals surface area (Å²) in [6.45, 7) is 2.49. The van der Waals surface area contributed by atoms with Crippen molar-refractivity contribution in [2.45, 2.75) is 13.5 Å². The second-order valence-corrected chi connectivity index (χ2v) is 3.73. The molecule has 1 aromatic carbocycles. The zero-order valence-electron chi connectivity index (χ0n) is 9.97. The van der Waals surface area contributed by atoms with E-state index >= 15 is 0 Å². The minimum atomic E-state index is 0.539. The maximum absolute atomic E-state index is 5.07. The van der Waals surface area contributed by atoms with Crippen LogP contribution in [0.4, 0.5) is 11.6 Å². The molecule has 0 unspecified atom stereocenters. The average Bonchev–Trinajstić information content (AvgIpc) is 2.34. The lowest BCUT2D eigenvalue weighted by Gasteiger charge is -2.07. The topological polar surface area (TPSA) is 47.0 Å². The minimum absolute atomic E-state index is 0.539. The predicted molar refractivity (Wildman–Crippen MR) is 67.2 cm³/mol. The lowest BCUT2D eigenvalue weighted by molar-refractivity contribution is 0.183. The number of benzene rings is 1. The van der Waals surface area contributed by atoms with Crippen molar-refractivity contribution in [1.29, 1.82) is 0 Å². The first-order valence-electron chi connectivity index (χ1n) is 5.43. The smallest absolute Gasteiger partial charge is 0.227 e. The van der Waals surface area contributed by atoms with Crippen molar-refractivity contribution in [1.82, 2.24) is 9.97 Å². The molecule has 0 spiro atoms. The number of methoxy groups -OCH3 is 1. The Morgan fingerprint density at radius 1 is 1.24 bits per heavy atom. The summed E-state index contributed by atoms with van der Waals surface area (Å²) in [4.78, 5) is 8.64. The highest BCUT2D eigenvalue weighted by Gasteiger charge is 2.03. The molecule has 88 valence electrons. The number of aromatic nitrogens is 2. The molecule has 2 rings (SSSR count). The molecule has 0 fully saturated rings. The van der Waals surface area contributed by atoms with Crippen molar-refractivity contribution in [3.8, 4) is 0 Å². The van der Waals surface area contributed by atoms with Gasteiger partial charge in [0, 0.05) is 30.3 Å². The van der Waals surface area contributed by atoms with E-state index in [-0.39, 0.29) is 0 Å². The van der Waals surface area contributed by atoms with E-state index in [9.17, 15) is 0 Å². The monoisotopic (exact) mass is 229 g/mol. The van der Waals surface area contributed by atoms with Crippen LogP contribution in [-0.2, 0) is 11.3 Å². The van der Waals surface area contributed by atoms with Gasteiger partial charge in [0.05, 0.1) is 6.61 Å². The van der Waals surface area contributed by atoms with Gasteiger partial charge in [0.1, 0.15) is 0 Å². The number of para-hydroxylation sites is 1. The molecule has 1 heterocycles. The molecular weight excluding hydrogens is 214 g/mol. The van der Waals surface area contributed by atoms with Gasteiger partial charge in [-0.1, -0.05) is 18.2 Å². The molecule has 0 atom stereocenters. The Morgan fingerprint density at radius 3 is 2.65 bits per heavy atom. The SMILES string of the molecule is COCc1cnc(Nc2ccccc2)nc1C. The Bertz CT molecular complexity index is 485. The summed E-state index contributed by atoms with van der Waals surface area (Å²) in [6.07, 6.45) is 1.79. The van der Waals surface area contributed by atoms with E-state index < -0.39 is 0 Å². The zero-order chi connectivity index (χ0) is 12.1. The molecule has 0 aliphatic rings. The molecule has 0 saturated carbocycles. The lowest BCUT2D eigenvalue weighted by Crippen LogP contribution is -2.02. The number of nitrogens with zero attached hydrogens (tertiary/aromatic N) is 2. The third kappa shape index (κ3) is 3.01. The van der Waals surface area contributed by atoms with Crippen LogP contribution in [0.2, 0.25) is 0 Å². The largest absolute Gasteiger partial charge is 0.380 e. The van der Waals surface area contributed by atoms with Crippen LogP contribution >= 0.6 is 0 Å². The number of hydrogen-bond acceptors (Lipinski definition) is 4. The molecule has 4 heteroatoms.